The van der Waals surface area contributed by atoms with Gasteiger partial charge >= 0.3 is 5.97 Å². The fourth-order valence-electron chi connectivity index (χ4n) is 3.28. The molecule has 2 unspecified atom stereocenters. The van der Waals surface area contributed by atoms with Gasteiger partial charge in [-0.2, -0.15) is 0 Å². The Hall–Kier alpha value is -1.06. The second kappa shape index (κ2) is 5.14. The summed E-state index contributed by atoms with van der Waals surface area (Å²) in [5.74, 6) is -0.607. The van der Waals surface area contributed by atoms with Crippen molar-refractivity contribution in [2.45, 2.75) is 58.8 Å². The minimum Gasteiger partial charge on any atom is -0.481 e. The summed E-state index contributed by atoms with van der Waals surface area (Å²) in [6.07, 6.45) is 6.36. The first-order valence-electron chi connectivity index (χ1n) is 7.45. The lowest BCUT2D eigenvalue weighted by atomic mass is 9.74. The second-order valence-electron chi connectivity index (χ2n) is 6.63. The normalized spacial score (nSPS) is 32.6. The third-order valence-electron chi connectivity index (χ3n) is 5.34. The van der Waals surface area contributed by atoms with Gasteiger partial charge in [0.1, 0.15) is 0 Å². The standard InChI is InChI=1S/C15H25NO3/c1-3-14(2)9-11(14)12(17)16-10-15(13(18)19)7-5-4-6-8-15/h11H,3-10H2,1-2H3,(H,16,17)(H,18,19). The Kier molecular flexibility index (Phi) is 3.88. The molecule has 2 aliphatic carbocycles. The van der Waals surface area contributed by atoms with Gasteiger partial charge < -0.3 is 10.4 Å². The van der Waals surface area contributed by atoms with Gasteiger partial charge in [-0.15, -0.1) is 0 Å². The Morgan fingerprint density at radius 1 is 1.26 bits per heavy atom. The zero-order valence-corrected chi connectivity index (χ0v) is 12.0. The molecule has 0 aliphatic heterocycles. The molecule has 4 heteroatoms. The van der Waals surface area contributed by atoms with E-state index in [4.69, 9.17) is 0 Å². The number of carbonyl (C=O) groups excluding carboxylic acids is 1. The van der Waals surface area contributed by atoms with Crippen LogP contribution in [-0.2, 0) is 9.59 Å². The minimum atomic E-state index is -0.749. The zero-order chi connectivity index (χ0) is 14.1. The van der Waals surface area contributed by atoms with Gasteiger partial charge in [-0.05, 0) is 31.1 Å². The average molecular weight is 267 g/mol. The first-order chi connectivity index (χ1) is 8.93. The molecule has 0 aromatic carbocycles. The monoisotopic (exact) mass is 267 g/mol. The van der Waals surface area contributed by atoms with Crippen LogP contribution in [-0.4, -0.2) is 23.5 Å². The van der Waals surface area contributed by atoms with E-state index < -0.39 is 11.4 Å². The van der Waals surface area contributed by atoms with Crippen molar-refractivity contribution in [3.05, 3.63) is 0 Å². The largest absolute Gasteiger partial charge is 0.481 e. The summed E-state index contributed by atoms with van der Waals surface area (Å²) in [7, 11) is 0. The highest BCUT2D eigenvalue weighted by molar-refractivity contribution is 5.83. The van der Waals surface area contributed by atoms with E-state index in [0.717, 1.165) is 32.1 Å². The van der Waals surface area contributed by atoms with Crippen molar-refractivity contribution in [3.63, 3.8) is 0 Å². The van der Waals surface area contributed by atoms with Crippen molar-refractivity contribution < 1.29 is 14.7 Å². The first kappa shape index (κ1) is 14.4. The molecule has 2 aliphatic rings. The molecular formula is C15H25NO3. The fraction of sp³-hybridized carbons (Fsp3) is 0.867. The molecule has 0 aromatic rings. The molecule has 2 atom stereocenters. The molecule has 2 fully saturated rings. The maximum absolute atomic E-state index is 12.1. The summed E-state index contributed by atoms with van der Waals surface area (Å²) in [6.45, 7) is 4.54. The molecule has 0 bridgehead atoms. The number of carbonyl (C=O) groups is 2. The molecular weight excluding hydrogens is 242 g/mol. The second-order valence-corrected chi connectivity index (χ2v) is 6.63. The van der Waals surface area contributed by atoms with E-state index in [9.17, 15) is 14.7 Å². The van der Waals surface area contributed by atoms with Crippen molar-refractivity contribution in [1.29, 1.82) is 0 Å². The van der Waals surface area contributed by atoms with E-state index >= 15 is 0 Å². The number of nitrogens with one attached hydrogen (secondary N) is 1. The fourth-order valence-corrected chi connectivity index (χ4v) is 3.28. The van der Waals surface area contributed by atoms with E-state index in [-0.39, 0.29) is 17.2 Å². The van der Waals surface area contributed by atoms with Crippen molar-refractivity contribution in [2.24, 2.45) is 16.7 Å². The van der Waals surface area contributed by atoms with E-state index in [1.807, 2.05) is 0 Å². The SMILES string of the molecule is CCC1(C)CC1C(=O)NCC1(C(=O)O)CCCCC1. The number of hydrogen-bond donors (Lipinski definition) is 2. The summed E-state index contributed by atoms with van der Waals surface area (Å²) in [5, 5.41) is 12.4. The maximum atomic E-state index is 12.1. The van der Waals surface area contributed by atoms with Gasteiger partial charge in [-0.3, -0.25) is 9.59 Å². The van der Waals surface area contributed by atoms with Crippen LogP contribution < -0.4 is 5.32 Å². The highest BCUT2D eigenvalue weighted by Gasteiger charge is 2.53. The molecule has 0 heterocycles. The van der Waals surface area contributed by atoms with E-state index in [1.165, 1.54) is 0 Å². The molecule has 1 amide bonds. The van der Waals surface area contributed by atoms with Crippen molar-refractivity contribution >= 4 is 11.9 Å². The molecule has 0 aromatic heterocycles. The van der Waals surface area contributed by atoms with E-state index in [0.29, 0.717) is 19.4 Å². The van der Waals surface area contributed by atoms with Crippen LogP contribution in [0.4, 0.5) is 0 Å². The summed E-state index contributed by atoms with van der Waals surface area (Å²) in [6, 6.07) is 0. The van der Waals surface area contributed by atoms with Gasteiger partial charge in [0.2, 0.25) is 5.91 Å². The van der Waals surface area contributed by atoms with Gasteiger partial charge in [-0.25, -0.2) is 0 Å². The third kappa shape index (κ3) is 2.77. The predicted octanol–water partition coefficient (Wildman–Crippen LogP) is 2.57. The van der Waals surface area contributed by atoms with Gasteiger partial charge in [0.05, 0.1) is 5.41 Å². The van der Waals surface area contributed by atoms with Gasteiger partial charge in [-0.1, -0.05) is 33.1 Å². The topological polar surface area (TPSA) is 66.4 Å². The van der Waals surface area contributed by atoms with Crippen molar-refractivity contribution in [3.8, 4) is 0 Å². The lowest BCUT2D eigenvalue weighted by molar-refractivity contribution is -0.151. The average Bonchev–Trinajstić information content (AvgIpc) is 3.10. The van der Waals surface area contributed by atoms with Crippen molar-refractivity contribution in [2.75, 3.05) is 6.54 Å². The quantitative estimate of drug-likeness (QED) is 0.804. The van der Waals surface area contributed by atoms with Crippen molar-refractivity contribution in [1.82, 2.24) is 5.32 Å². The Morgan fingerprint density at radius 3 is 2.37 bits per heavy atom. The lowest BCUT2D eigenvalue weighted by Gasteiger charge is -2.33. The number of rotatable bonds is 5. The lowest BCUT2D eigenvalue weighted by Crippen LogP contribution is -2.45. The highest BCUT2D eigenvalue weighted by Crippen LogP contribution is 2.54. The summed E-state index contributed by atoms with van der Waals surface area (Å²) in [5.41, 5.74) is -0.571. The van der Waals surface area contributed by atoms with Crippen LogP contribution in [0.5, 0.6) is 0 Å². The van der Waals surface area contributed by atoms with Crippen LogP contribution in [0.25, 0.3) is 0 Å². The van der Waals surface area contributed by atoms with Crippen LogP contribution in [0, 0.1) is 16.7 Å². The van der Waals surface area contributed by atoms with E-state index in [2.05, 4.69) is 19.2 Å². The highest BCUT2D eigenvalue weighted by atomic mass is 16.4. The number of aliphatic carboxylic acids is 1. The minimum absolute atomic E-state index is 0.0514. The van der Waals surface area contributed by atoms with Gasteiger partial charge in [0, 0.05) is 12.5 Å². The van der Waals surface area contributed by atoms with Gasteiger partial charge in [0.25, 0.3) is 0 Å². The van der Waals surface area contributed by atoms with Crippen LogP contribution in [0.15, 0.2) is 0 Å². The smallest absolute Gasteiger partial charge is 0.311 e. The van der Waals surface area contributed by atoms with Gasteiger partial charge in [0.15, 0.2) is 0 Å². The Balaban J connectivity index is 1.90. The molecule has 0 spiro atoms. The van der Waals surface area contributed by atoms with Crippen LogP contribution in [0.3, 0.4) is 0 Å². The molecule has 2 rings (SSSR count). The van der Waals surface area contributed by atoms with Crippen LogP contribution in [0.1, 0.15) is 58.8 Å². The summed E-state index contributed by atoms with van der Waals surface area (Å²) >= 11 is 0. The number of carboxylic acids is 1. The molecule has 108 valence electrons. The molecule has 2 saturated carbocycles. The molecule has 0 radical (unpaired) electrons. The maximum Gasteiger partial charge on any atom is 0.311 e. The Morgan fingerprint density at radius 2 is 1.89 bits per heavy atom. The third-order valence-corrected chi connectivity index (χ3v) is 5.34. The zero-order valence-electron chi connectivity index (χ0n) is 12.0. The molecule has 2 N–H and O–H groups in total. The molecule has 4 nitrogen and oxygen atoms in total. The van der Waals surface area contributed by atoms with Crippen LogP contribution in [0.2, 0.25) is 0 Å². The number of amides is 1. The summed E-state index contributed by atoms with van der Waals surface area (Å²) in [4.78, 5) is 23.6. The number of hydrogen-bond acceptors (Lipinski definition) is 2. The first-order valence-corrected chi connectivity index (χ1v) is 7.45. The Labute approximate surface area is 115 Å². The Bertz CT molecular complexity index is 374. The summed E-state index contributed by atoms with van der Waals surface area (Å²) < 4.78 is 0. The van der Waals surface area contributed by atoms with E-state index in [1.54, 1.807) is 0 Å². The number of carboxylic acid groups (broad SMARTS) is 1. The molecule has 19 heavy (non-hydrogen) atoms. The predicted molar refractivity (Wildman–Crippen MR) is 72.7 cm³/mol. The van der Waals surface area contributed by atoms with Crippen LogP contribution >= 0.6 is 0 Å². The molecule has 0 saturated heterocycles.